The van der Waals surface area contributed by atoms with E-state index in [4.69, 9.17) is 0 Å². The molecule has 3 heteroatoms. The molecule has 1 heterocycles. The van der Waals surface area contributed by atoms with Crippen molar-refractivity contribution >= 4 is 5.97 Å². The summed E-state index contributed by atoms with van der Waals surface area (Å²) in [6.45, 7) is 0.563. The van der Waals surface area contributed by atoms with Gasteiger partial charge in [0.2, 0.25) is 0 Å². The highest BCUT2D eigenvalue weighted by Crippen LogP contribution is 2.39. The zero-order valence-electron chi connectivity index (χ0n) is 12.2. The van der Waals surface area contributed by atoms with Gasteiger partial charge in [0.25, 0.3) is 0 Å². The molecule has 1 saturated heterocycles. The molecule has 0 spiro atoms. The van der Waals surface area contributed by atoms with Crippen molar-refractivity contribution in [2.75, 3.05) is 6.54 Å². The molecular formula is C18H21NO2. The van der Waals surface area contributed by atoms with Crippen LogP contribution in [0, 0.1) is 17.8 Å². The number of nitrogens with zero attached hydrogens (tertiary/aromatic N) is 1. The van der Waals surface area contributed by atoms with Crippen LogP contribution in [0.3, 0.4) is 0 Å². The number of hydrogen-bond acceptors (Lipinski definition) is 2. The lowest BCUT2D eigenvalue weighted by Crippen LogP contribution is -2.42. The molecule has 3 rings (SSSR count). The Morgan fingerprint density at radius 2 is 2.00 bits per heavy atom. The fraction of sp³-hybridized carbons (Fsp3) is 0.500. The highest BCUT2D eigenvalue weighted by Gasteiger charge is 2.44. The Kier molecular flexibility index (Phi) is 4.26. The van der Waals surface area contributed by atoms with E-state index in [9.17, 15) is 9.90 Å². The van der Waals surface area contributed by atoms with Crippen LogP contribution in [0.25, 0.3) is 0 Å². The lowest BCUT2D eigenvalue weighted by atomic mass is 9.85. The van der Waals surface area contributed by atoms with E-state index in [1.54, 1.807) is 0 Å². The van der Waals surface area contributed by atoms with E-state index < -0.39 is 5.97 Å². The van der Waals surface area contributed by atoms with E-state index in [0.29, 0.717) is 18.5 Å². The van der Waals surface area contributed by atoms with Crippen molar-refractivity contribution in [3.05, 3.63) is 35.9 Å². The Bertz CT molecular complexity index is 558. The van der Waals surface area contributed by atoms with Crippen LogP contribution in [0.2, 0.25) is 0 Å². The molecule has 0 amide bonds. The molecule has 110 valence electrons. The van der Waals surface area contributed by atoms with Gasteiger partial charge in [-0.25, -0.2) is 0 Å². The van der Waals surface area contributed by atoms with Gasteiger partial charge in [-0.15, -0.1) is 0 Å². The van der Waals surface area contributed by atoms with Crippen molar-refractivity contribution < 1.29 is 9.90 Å². The van der Waals surface area contributed by atoms with Gasteiger partial charge in [-0.1, -0.05) is 42.9 Å². The van der Waals surface area contributed by atoms with Gasteiger partial charge in [-0.3, -0.25) is 9.69 Å². The van der Waals surface area contributed by atoms with Crippen LogP contribution in [0.15, 0.2) is 30.3 Å². The quantitative estimate of drug-likeness (QED) is 0.848. The molecule has 1 aromatic rings. The van der Waals surface area contributed by atoms with Gasteiger partial charge >= 0.3 is 5.97 Å². The number of carbonyl (C=O) groups is 1. The largest absolute Gasteiger partial charge is 0.480 e. The van der Waals surface area contributed by atoms with Crippen LogP contribution in [0.5, 0.6) is 0 Å². The molecule has 3 nitrogen and oxygen atoms in total. The van der Waals surface area contributed by atoms with Crippen LogP contribution in [-0.2, 0) is 4.79 Å². The summed E-state index contributed by atoms with van der Waals surface area (Å²) >= 11 is 0. The summed E-state index contributed by atoms with van der Waals surface area (Å²) in [6, 6.07) is 9.95. The number of rotatable bonds is 2. The molecule has 2 fully saturated rings. The maximum Gasteiger partial charge on any atom is 0.320 e. The number of hydrogen-bond donors (Lipinski definition) is 1. The minimum Gasteiger partial charge on any atom is -0.480 e. The highest BCUT2D eigenvalue weighted by molar-refractivity contribution is 5.74. The SMILES string of the molecule is O=C(O)C1CC2CCCCC2N1CC#Cc1ccccc1. The van der Waals surface area contributed by atoms with Crippen molar-refractivity contribution in [1.29, 1.82) is 0 Å². The molecule has 1 aliphatic carbocycles. The van der Waals surface area contributed by atoms with Gasteiger partial charge in [-0.2, -0.15) is 0 Å². The van der Waals surface area contributed by atoms with E-state index >= 15 is 0 Å². The fourth-order valence-electron chi connectivity index (χ4n) is 3.78. The van der Waals surface area contributed by atoms with Crippen molar-refractivity contribution in [2.24, 2.45) is 5.92 Å². The van der Waals surface area contributed by atoms with Crippen molar-refractivity contribution in [3.8, 4) is 11.8 Å². The van der Waals surface area contributed by atoms with E-state index in [1.807, 2.05) is 30.3 Å². The lowest BCUT2D eigenvalue weighted by molar-refractivity contribution is -0.142. The predicted octanol–water partition coefficient (Wildman–Crippen LogP) is 2.76. The summed E-state index contributed by atoms with van der Waals surface area (Å²) in [6.07, 6.45) is 5.57. The van der Waals surface area contributed by atoms with E-state index in [1.165, 1.54) is 19.3 Å². The predicted molar refractivity (Wildman–Crippen MR) is 81.8 cm³/mol. The van der Waals surface area contributed by atoms with Crippen LogP contribution in [0.1, 0.15) is 37.7 Å². The first kappa shape index (κ1) is 14.2. The monoisotopic (exact) mass is 283 g/mol. The Balaban J connectivity index is 1.72. The second-order valence-corrected chi connectivity index (χ2v) is 6.04. The Morgan fingerprint density at radius 3 is 2.76 bits per heavy atom. The summed E-state index contributed by atoms with van der Waals surface area (Å²) in [5.41, 5.74) is 0.990. The molecule has 1 aromatic carbocycles. The first-order chi connectivity index (χ1) is 10.3. The first-order valence-electron chi connectivity index (χ1n) is 7.78. The van der Waals surface area contributed by atoms with Gasteiger partial charge in [0, 0.05) is 11.6 Å². The Hall–Kier alpha value is -1.79. The maximum absolute atomic E-state index is 11.5. The standard InChI is InChI=1S/C18H21NO2/c20-18(21)17-13-15-10-4-5-11-16(15)19(17)12-6-9-14-7-2-1-3-8-14/h1-3,7-8,15-17H,4-5,10-13H2,(H,20,21). The van der Waals surface area contributed by atoms with Gasteiger partial charge in [0.15, 0.2) is 0 Å². The number of carboxylic acids is 1. The highest BCUT2D eigenvalue weighted by atomic mass is 16.4. The smallest absolute Gasteiger partial charge is 0.320 e. The van der Waals surface area contributed by atoms with E-state index in [-0.39, 0.29) is 6.04 Å². The second kappa shape index (κ2) is 6.32. The molecule has 3 atom stereocenters. The van der Waals surface area contributed by atoms with Crippen LogP contribution >= 0.6 is 0 Å². The maximum atomic E-state index is 11.5. The zero-order valence-corrected chi connectivity index (χ0v) is 12.2. The minimum absolute atomic E-state index is 0.344. The van der Waals surface area contributed by atoms with Crippen molar-refractivity contribution in [2.45, 2.75) is 44.2 Å². The van der Waals surface area contributed by atoms with E-state index in [0.717, 1.165) is 18.4 Å². The number of carboxylic acid groups (broad SMARTS) is 1. The Labute approximate surface area is 126 Å². The molecule has 1 N–H and O–H groups in total. The molecule has 1 saturated carbocycles. The van der Waals surface area contributed by atoms with Crippen molar-refractivity contribution in [3.63, 3.8) is 0 Å². The molecular weight excluding hydrogens is 262 g/mol. The van der Waals surface area contributed by atoms with E-state index in [2.05, 4.69) is 16.7 Å². The summed E-state index contributed by atoms with van der Waals surface area (Å²) < 4.78 is 0. The number of fused-ring (bicyclic) bond motifs is 1. The number of likely N-dealkylation sites (tertiary alicyclic amines) is 1. The minimum atomic E-state index is -0.689. The topological polar surface area (TPSA) is 40.5 Å². The second-order valence-electron chi connectivity index (χ2n) is 6.04. The van der Waals surface area contributed by atoms with Crippen LogP contribution in [0.4, 0.5) is 0 Å². The first-order valence-corrected chi connectivity index (χ1v) is 7.78. The summed E-state index contributed by atoms with van der Waals surface area (Å²) in [5.74, 6) is 6.18. The van der Waals surface area contributed by atoms with Crippen molar-refractivity contribution in [1.82, 2.24) is 4.90 Å². The fourth-order valence-corrected chi connectivity index (χ4v) is 3.78. The molecule has 2 aliphatic rings. The summed E-state index contributed by atoms with van der Waals surface area (Å²) in [4.78, 5) is 13.6. The molecule has 0 radical (unpaired) electrons. The molecule has 1 aliphatic heterocycles. The molecule has 3 unspecified atom stereocenters. The normalized spacial score (nSPS) is 28.5. The summed E-state index contributed by atoms with van der Waals surface area (Å²) in [7, 11) is 0. The third kappa shape index (κ3) is 3.11. The third-order valence-corrected chi connectivity index (χ3v) is 4.77. The zero-order chi connectivity index (χ0) is 14.7. The molecule has 0 aromatic heterocycles. The van der Waals surface area contributed by atoms with Gasteiger partial charge < -0.3 is 5.11 Å². The average molecular weight is 283 g/mol. The van der Waals surface area contributed by atoms with Crippen LogP contribution in [-0.4, -0.2) is 34.6 Å². The molecule has 21 heavy (non-hydrogen) atoms. The third-order valence-electron chi connectivity index (χ3n) is 4.77. The number of aliphatic carboxylic acids is 1. The van der Waals surface area contributed by atoms with Gasteiger partial charge in [0.1, 0.15) is 6.04 Å². The van der Waals surface area contributed by atoms with Gasteiger partial charge in [0.05, 0.1) is 6.54 Å². The van der Waals surface area contributed by atoms with Gasteiger partial charge in [-0.05, 0) is 37.3 Å². The Morgan fingerprint density at radius 1 is 1.24 bits per heavy atom. The summed E-state index contributed by atoms with van der Waals surface area (Å²) in [5, 5.41) is 9.46. The number of benzene rings is 1. The van der Waals surface area contributed by atoms with Crippen LogP contribution < -0.4 is 0 Å². The lowest BCUT2D eigenvalue weighted by Gasteiger charge is -2.31. The average Bonchev–Trinajstić information content (AvgIpc) is 2.88. The molecule has 0 bridgehead atoms.